The lowest BCUT2D eigenvalue weighted by Crippen LogP contribution is -2.50. The summed E-state index contributed by atoms with van der Waals surface area (Å²) in [6.07, 6.45) is 0. The maximum absolute atomic E-state index is 12.7. The summed E-state index contributed by atoms with van der Waals surface area (Å²) in [5.41, 5.74) is 2.54. The summed E-state index contributed by atoms with van der Waals surface area (Å²) >= 11 is 4.37. The number of thiol groups is 1. The highest BCUT2D eigenvalue weighted by Crippen LogP contribution is 2.18. The zero-order valence-electron chi connectivity index (χ0n) is 15.2. The molecule has 2 aromatic rings. The van der Waals surface area contributed by atoms with Crippen LogP contribution in [0.4, 0.5) is 0 Å². The molecule has 5 heteroatoms. The average molecular weight is 369 g/mol. The first-order chi connectivity index (χ1) is 12.5. The molecular weight excluding hydrogens is 344 g/mol. The maximum Gasteiger partial charge on any atom is 0.255 e. The van der Waals surface area contributed by atoms with Gasteiger partial charge >= 0.3 is 0 Å². The normalized spacial score (nSPS) is 14.6. The number of carbonyl (C=O) groups excluding carboxylic acids is 2. The van der Waals surface area contributed by atoms with Gasteiger partial charge in [0.15, 0.2) is 0 Å². The molecular formula is C21H24N2O2S. The van der Waals surface area contributed by atoms with Gasteiger partial charge in [-0.3, -0.25) is 9.59 Å². The number of amides is 2. The standard InChI is InChI=1S/C21H24N2O2S/c1-15(2)16-7-9-17(10-8-16)20(24)22-11-13-23(14-12-22)21(25)18-5-3-4-6-19(18)26/h3-10,15,26H,11-14H2,1-2H3. The van der Waals surface area contributed by atoms with Gasteiger partial charge in [-0.2, -0.15) is 0 Å². The summed E-state index contributed by atoms with van der Waals surface area (Å²) in [5, 5.41) is 0. The summed E-state index contributed by atoms with van der Waals surface area (Å²) in [6, 6.07) is 15.1. The molecule has 2 aromatic carbocycles. The van der Waals surface area contributed by atoms with Gasteiger partial charge in [-0.05, 0) is 35.7 Å². The van der Waals surface area contributed by atoms with Gasteiger partial charge in [0.2, 0.25) is 0 Å². The Morgan fingerprint density at radius 1 is 0.846 bits per heavy atom. The molecule has 0 spiro atoms. The Labute approximate surface area is 160 Å². The zero-order chi connectivity index (χ0) is 18.7. The highest BCUT2D eigenvalue weighted by atomic mass is 32.1. The lowest BCUT2D eigenvalue weighted by atomic mass is 10.0. The minimum absolute atomic E-state index is 0.0241. The van der Waals surface area contributed by atoms with Crippen molar-refractivity contribution in [2.75, 3.05) is 26.2 Å². The van der Waals surface area contributed by atoms with Gasteiger partial charge in [-0.15, -0.1) is 12.6 Å². The molecule has 136 valence electrons. The minimum atomic E-state index is -0.0241. The SMILES string of the molecule is CC(C)c1ccc(C(=O)N2CCN(C(=O)c3ccccc3S)CC2)cc1. The van der Waals surface area contributed by atoms with Crippen molar-refractivity contribution in [3.8, 4) is 0 Å². The number of nitrogens with zero attached hydrogens (tertiary/aromatic N) is 2. The molecule has 1 heterocycles. The van der Waals surface area contributed by atoms with Crippen molar-refractivity contribution >= 4 is 24.4 Å². The Morgan fingerprint density at radius 2 is 1.38 bits per heavy atom. The van der Waals surface area contributed by atoms with Crippen molar-refractivity contribution in [2.45, 2.75) is 24.7 Å². The summed E-state index contributed by atoms with van der Waals surface area (Å²) in [5.74, 6) is 0.453. The number of benzene rings is 2. The Hall–Kier alpha value is -2.27. The monoisotopic (exact) mass is 368 g/mol. The van der Waals surface area contributed by atoms with E-state index >= 15 is 0 Å². The molecule has 0 radical (unpaired) electrons. The molecule has 4 nitrogen and oxygen atoms in total. The Morgan fingerprint density at radius 3 is 1.92 bits per heavy atom. The van der Waals surface area contributed by atoms with Crippen molar-refractivity contribution in [2.24, 2.45) is 0 Å². The molecule has 26 heavy (non-hydrogen) atoms. The fourth-order valence-electron chi connectivity index (χ4n) is 3.13. The van der Waals surface area contributed by atoms with Gasteiger partial charge < -0.3 is 9.80 Å². The van der Waals surface area contributed by atoms with E-state index in [1.54, 1.807) is 11.0 Å². The van der Waals surface area contributed by atoms with Gasteiger partial charge in [-0.1, -0.05) is 38.1 Å². The fourth-order valence-corrected chi connectivity index (χ4v) is 3.39. The van der Waals surface area contributed by atoms with Crippen molar-refractivity contribution in [3.05, 3.63) is 65.2 Å². The van der Waals surface area contributed by atoms with Crippen molar-refractivity contribution in [1.82, 2.24) is 9.80 Å². The predicted octanol–water partition coefficient (Wildman–Crippen LogP) is 3.70. The minimum Gasteiger partial charge on any atom is -0.335 e. The van der Waals surface area contributed by atoms with Crippen LogP contribution in [0.2, 0.25) is 0 Å². The third kappa shape index (κ3) is 3.93. The second-order valence-electron chi connectivity index (χ2n) is 6.88. The van der Waals surface area contributed by atoms with Crippen LogP contribution < -0.4 is 0 Å². The molecule has 1 fully saturated rings. The summed E-state index contributed by atoms with van der Waals surface area (Å²) in [7, 11) is 0. The molecule has 0 aliphatic carbocycles. The number of rotatable bonds is 3. The molecule has 1 aliphatic heterocycles. The van der Waals surface area contributed by atoms with Crippen LogP contribution in [0, 0.1) is 0 Å². The van der Waals surface area contributed by atoms with Crippen LogP contribution in [-0.2, 0) is 0 Å². The average Bonchev–Trinajstić information content (AvgIpc) is 2.67. The van der Waals surface area contributed by atoms with E-state index in [-0.39, 0.29) is 11.8 Å². The van der Waals surface area contributed by atoms with Crippen molar-refractivity contribution in [3.63, 3.8) is 0 Å². The van der Waals surface area contributed by atoms with Gasteiger partial charge in [0.05, 0.1) is 5.56 Å². The van der Waals surface area contributed by atoms with Crippen LogP contribution >= 0.6 is 12.6 Å². The van der Waals surface area contributed by atoms with Gasteiger partial charge in [-0.25, -0.2) is 0 Å². The highest BCUT2D eigenvalue weighted by molar-refractivity contribution is 7.80. The number of hydrogen-bond donors (Lipinski definition) is 1. The van der Waals surface area contributed by atoms with Gasteiger partial charge in [0.1, 0.15) is 0 Å². The van der Waals surface area contributed by atoms with Crippen molar-refractivity contribution < 1.29 is 9.59 Å². The smallest absolute Gasteiger partial charge is 0.255 e. The highest BCUT2D eigenvalue weighted by Gasteiger charge is 2.26. The first kappa shape index (κ1) is 18.5. The molecule has 0 unspecified atom stereocenters. The van der Waals surface area contributed by atoms with Crippen molar-refractivity contribution in [1.29, 1.82) is 0 Å². The summed E-state index contributed by atoms with van der Waals surface area (Å²) in [6.45, 7) is 6.44. The van der Waals surface area contributed by atoms with E-state index in [0.717, 1.165) is 0 Å². The quantitative estimate of drug-likeness (QED) is 0.840. The van der Waals surface area contributed by atoms with E-state index in [2.05, 4.69) is 26.5 Å². The summed E-state index contributed by atoms with van der Waals surface area (Å²) in [4.78, 5) is 29.6. The molecule has 0 N–H and O–H groups in total. The molecule has 1 saturated heterocycles. The van der Waals surface area contributed by atoms with E-state index in [1.165, 1.54) is 5.56 Å². The van der Waals surface area contributed by atoms with E-state index in [1.807, 2.05) is 47.4 Å². The third-order valence-corrected chi connectivity index (χ3v) is 5.20. The molecule has 2 amide bonds. The maximum atomic E-state index is 12.7. The molecule has 0 aromatic heterocycles. The number of carbonyl (C=O) groups is 2. The van der Waals surface area contributed by atoms with Crippen LogP contribution in [0.15, 0.2) is 53.4 Å². The largest absolute Gasteiger partial charge is 0.335 e. The zero-order valence-corrected chi connectivity index (χ0v) is 16.1. The second-order valence-corrected chi connectivity index (χ2v) is 7.36. The topological polar surface area (TPSA) is 40.6 Å². The van der Waals surface area contributed by atoms with E-state index in [4.69, 9.17) is 0 Å². The molecule has 0 atom stereocenters. The third-order valence-electron chi connectivity index (χ3n) is 4.81. The van der Waals surface area contributed by atoms with Crippen LogP contribution in [0.5, 0.6) is 0 Å². The first-order valence-corrected chi connectivity index (χ1v) is 9.38. The van der Waals surface area contributed by atoms with E-state index in [0.29, 0.717) is 48.1 Å². The van der Waals surface area contributed by atoms with Gasteiger partial charge in [0, 0.05) is 36.6 Å². The number of piperazine rings is 1. The van der Waals surface area contributed by atoms with E-state index < -0.39 is 0 Å². The van der Waals surface area contributed by atoms with Gasteiger partial charge in [0.25, 0.3) is 11.8 Å². The Balaban J connectivity index is 1.62. The van der Waals surface area contributed by atoms with Crippen LogP contribution in [0.1, 0.15) is 46.0 Å². The lowest BCUT2D eigenvalue weighted by molar-refractivity contribution is 0.0533. The fraction of sp³-hybridized carbons (Fsp3) is 0.333. The second kappa shape index (κ2) is 7.96. The molecule has 0 bridgehead atoms. The Kier molecular flexibility index (Phi) is 5.67. The first-order valence-electron chi connectivity index (χ1n) is 8.94. The van der Waals surface area contributed by atoms with Crippen LogP contribution in [-0.4, -0.2) is 47.8 Å². The molecule has 1 aliphatic rings. The Bertz CT molecular complexity index is 794. The van der Waals surface area contributed by atoms with Crippen LogP contribution in [0.25, 0.3) is 0 Å². The number of hydrogen-bond acceptors (Lipinski definition) is 3. The summed E-state index contributed by atoms with van der Waals surface area (Å²) < 4.78 is 0. The lowest BCUT2D eigenvalue weighted by Gasteiger charge is -2.35. The molecule has 3 rings (SSSR count). The van der Waals surface area contributed by atoms with Crippen LogP contribution in [0.3, 0.4) is 0 Å². The van der Waals surface area contributed by atoms with E-state index in [9.17, 15) is 9.59 Å². The predicted molar refractivity (Wildman–Crippen MR) is 106 cm³/mol. The molecule has 0 saturated carbocycles.